The van der Waals surface area contributed by atoms with E-state index in [1.54, 1.807) is 42.5 Å². The summed E-state index contributed by atoms with van der Waals surface area (Å²) in [6.45, 7) is -0.0514. The second-order valence-electron chi connectivity index (χ2n) is 6.49. The first-order valence-electron chi connectivity index (χ1n) is 8.83. The van der Waals surface area contributed by atoms with Crippen molar-refractivity contribution in [2.45, 2.75) is 6.42 Å². The van der Waals surface area contributed by atoms with Crippen molar-refractivity contribution in [1.29, 1.82) is 0 Å². The summed E-state index contributed by atoms with van der Waals surface area (Å²) in [7, 11) is 1.50. The Labute approximate surface area is 172 Å². The van der Waals surface area contributed by atoms with Crippen LogP contribution >= 0.6 is 11.6 Å². The summed E-state index contributed by atoms with van der Waals surface area (Å²) in [6, 6.07) is 11.6. The lowest BCUT2D eigenvalue weighted by Gasteiger charge is -2.20. The molecule has 9 heteroatoms. The van der Waals surface area contributed by atoms with Crippen molar-refractivity contribution in [1.82, 2.24) is 0 Å². The lowest BCUT2D eigenvalue weighted by molar-refractivity contribution is -0.122. The largest absolute Gasteiger partial charge is 0.495 e. The topological polar surface area (TPSA) is 111 Å². The minimum atomic E-state index is -0.597. The zero-order chi connectivity index (χ0) is 21.0. The van der Waals surface area contributed by atoms with E-state index < -0.39 is 11.8 Å². The Morgan fingerprint density at radius 2 is 2.07 bits per heavy atom. The van der Waals surface area contributed by atoms with Gasteiger partial charge < -0.3 is 25.4 Å². The molecule has 0 unspecified atom stereocenters. The van der Waals surface area contributed by atoms with E-state index in [1.165, 1.54) is 12.0 Å². The average Bonchev–Trinajstić information content (AvgIpc) is 3.08. The maximum absolute atomic E-state index is 12.7. The number of hydrogen-bond donors (Lipinski definition) is 2. The van der Waals surface area contributed by atoms with Crippen LogP contribution in [0.15, 0.2) is 42.5 Å². The standard InChI is InChI=1S/C20H20ClN3O5/c1-28-17-6-5-13(21)8-16(17)24-10-12(7-19(24)26)20(27)23-14-3-2-4-15(9-14)29-11-18(22)25/h2-6,8-9,12H,7,10-11H2,1H3,(H2,22,25)(H,23,27)/t12-/m1/s1. The third-order valence-corrected chi connectivity index (χ3v) is 4.65. The smallest absolute Gasteiger partial charge is 0.255 e. The first-order valence-corrected chi connectivity index (χ1v) is 9.21. The molecule has 3 rings (SSSR count). The predicted molar refractivity (Wildman–Crippen MR) is 108 cm³/mol. The molecule has 8 nitrogen and oxygen atoms in total. The summed E-state index contributed by atoms with van der Waals surface area (Å²) in [6.07, 6.45) is 0.0688. The summed E-state index contributed by atoms with van der Waals surface area (Å²) in [5.74, 6) is -0.725. The zero-order valence-corrected chi connectivity index (χ0v) is 16.4. The fraction of sp³-hybridized carbons (Fsp3) is 0.250. The van der Waals surface area contributed by atoms with Crippen molar-refractivity contribution in [3.8, 4) is 11.5 Å². The Kier molecular flexibility index (Phi) is 6.23. The molecule has 0 saturated carbocycles. The van der Waals surface area contributed by atoms with Gasteiger partial charge in [-0.15, -0.1) is 0 Å². The average molecular weight is 418 g/mol. The van der Waals surface area contributed by atoms with Crippen LogP contribution < -0.4 is 25.4 Å². The Morgan fingerprint density at radius 1 is 1.28 bits per heavy atom. The number of carbonyl (C=O) groups excluding carboxylic acids is 3. The van der Waals surface area contributed by atoms with E-state index in [0.29, 0.717) is 27.9 Å². The molecule has 1 atom stereocenters. The molecule has 1 saturated heterocycles. The molecular weight excluding hydrogens is 398 g/mol. The number of amides is 3. The van der Waals surface area contributed by atoms with E-state index >= 15 is 0 Å². The number of methoxy groups -OCH3 is 1. The summed E-state index contributed by atoms with van der Waals surface area (Å²) in [5.41, 5.74) is 6.08. The quantitative estimate of drug-likeness (QED) is 0.717. The molecule has 0 spiro atoms. The third kappa shape index (κ3) is 4.97. The molecule has 29 heavy (non-hydrogen) atoms. The highest BCUT2D eigenvalue weighted by Gasteiger charge is 2.36. The van der Waals surface area contributed by atoms with Crippen molar-refractivity contribution in [2.75, 3.05) is 30.5 Å². The first kappa shape index (κ1) is 20.5. The number of carbonyl (C=O) groups is 3. The van der Waals surface area contributed by atoms with Crippen LogP contribution in [0.1, 0.15) is 6.42 Å². The molecule has 3 N–H and O–H groups in total. The van der Waals surface area contributed by atoms with E-state index in [1.807, 2.05) is 0 Å². The minimum Gasteiger partial charge on any atom is -0.495 e. The van der Waals surface area contributed by atoms with E-state index in [2.05, 4.69) is 5.32 Å². The van der Waals surface area contributed by atoms with Gasteiger partial charge >= 0.3 is 0 Å². The fourth-order valence-corrected chi connectivity index (χ4v) is 3.22. The highest BCUT2D eigenvalue weighted by molar-refractivity contribution is 6.31. The highest BCUT2D eigenvalue weighted by Crippen LogP contribution is 2.35. The molecule has 3 amide bonds. The number of anilines is 2. The van der Waals surface area contributed by atoms with E-state index in [9.17, 15) is 14.4 Å². The Balaban J connectivity index is 1.69. The van der Waals surface area contributed by atoms with Crippen LogP contribution in [0.4, 0.5) is 11.4 Å². The second kappa shape index (κ2) is 8.83. The van der Waals surface area contributed by atoms with Crippen LogP contribution in [0.3, 0.4) is 0 Å². The van der Waals surface area contributed by atoms with Gasteiger partial charge in [0.05, 0.1) is 18.7 Å². The van der Waals surface area contributed by atoms with E-state index in [0.717, 1.165) is 0 Å². The van der Waals surface area contributed by atoms with Gasteiger partial charge in [0.2, 0.25) is 11.8 Å². The zero-order valence-electron chi connectivity index (χ0n) is 15.7. The third-order valence-electron chi connectivity index (χ3n) is 4.41. The van der Waals surface area contributed by atoms with Gasteiger partial charge in [-0.05, 0) is 30.3 Å². The van der Waals surface area contributed by atoms with Crippen LogP contribution in [0.5, 0.6) is 11.5 Å². The number of halogens is 1. The maximum Gasteiger partial charge on any atom is 0.255 e. The molecule has 0 aromatic heterocycles. The van der Waals surface area contributed by atoms with Crippen LogP contribution in [-0.2, 0) is 14.4 Å². The summed E-state index contributed by atoms with van der Waals surface area (Å²) < 4.78 is 10.5. The number of benzene rings is 2. The van der Waals surface area contributed by atoms with Gasteiger partial charge in [-0.1, -0.05) is 17.7 Å². The van der Waals surface area contributed by atoms with Crippen LogP contribution in [-0.4, -0.2) is 38.0 Å². The molecule has 0 bridgehead atoms. The number of nitrogens with zero attached hydrogens (tertiary/aromatic N) is 1. The monoisotopic (exact) mass is 417 g/mol. The molecule has 0 radical (unpaired) electrons. The number of primary amides is 1. The van der Waals surface area contributed by atoms with Crippen LogP contribution in [0.2, 0.25) is 5.02 Å². The Bertz CT molecular complexity index is 949. The first-order chi connectivity index (χ1) is 13.9. The predicted octanol–water partition coefficient (Wildman–Crippen LogP) is 2.20. The van der Waals surface area contributed by atoms with Crippen molar-refractivity contribution in [3.63, 3.8) is 0 Å². The number of rotatable bonds is 7. The van der Waals surface area contributed by atoms with E-state index in [4.69, 9.17) is 26.8 Å². The van der Waals surface area contributed by atoms with Gasteiger partial charge in [0.25, 0.3) is 5.91 Å². The normalized spacial score (nSPS) is 15.9. The number of ether oxygens (including phenoxy) is 2. The number of nitrogens with one attached hydrogen (secondary N) is 1. The second-order valence-corrected chi connectivity index (χ2v) is 6.93. The molecule has 152 valence electrons. The molecule has 1 heterocycles. The summed E-state index contributed by atoms with van der Waals surface area (Å²) in [5, 5.41) is 3.24. The van der Waals surface area contributed by atoms with Crippen molar-refractivity contribution in [3.05, 3.63) is 47.5 Å². The van der Waals surface area contributed by atoms with Crippen LogP contribution in [0.25, 0.3) is 0 Å². The number of hydrogen-bond acceptors (Lipinski definition) is 5. The van der Waals surface area contributed by atoms with Gasteiger partial charge in [-0.2, -0.15) is 0 Å². The van der Waals surface area contributed by atoms with Crippen molar-refractivity contribution in [2.24, 2.45) is 11.7 Å². The van der Waals surface area contributed by atoms with Crippen LogP contribution in [0, 0.1) is 5.92 Å². The maximum atomic E-state index is 12.7. The lowest BCUT2D eigenvalue weighted by atomic mass is 10.1. The van der Waals surface area contributed by atoms with Crippen molar-refractivity contribution >= 4 is 40.7 Å². The van der Waals surface area contributed by atoms with Gasteiger partial charge in [-0.3, -0.25) is 14.4 Å². The van der Waals surface area contributed by atoms with Gasteiger partial charge in [0.15, 0.2) is 6.61 Å². The molecule has 2 aromatic rings. The summed E-state index contributed by atoms with van der Waals surface area (Å²) >= 11 is 6.05. The van der Waals surface area contributed by atoms with Gasteiger partial charge in [0, 0.05) is 29.7 Å². The molecule has 1 aliphatic rings. The molecule has 1 aliphatic heterocycles. The highest BCUT2D eigenvalue weighted by atomic mass is 35.5. The van der Waals surface area contributed by atoms with Crippen molar-refractivity contribution < 1.29 is 23.9 Å². The van der Waals surface area contributed by atoms with Gasteiger partial charge in [-0.25, -0.2) is 0 Å². The SMILES string of the molecule is COc1ccc(Cl)cc1N1C[C@H](C(=O)Nc2cccc(OCC(N)=O)c2)CC1=O. The molecule has 0 aliphatic carbocycles. The lowest BCUT2D eigenvalue weighted by Crippen LogP contribution is -2.28. The fourth-order valence-electron chi connectivity index (χ4n) is 3.05. The number of nitrogens with two attached hydrogens (primary N) is 1. The Morgan fingerprint density at radius 3 is 2.79 bits per heavy atom. The molecule has 1 fully saturated rings. The minimum absolute atomic E-state index is 0.0688. The van der Waals surface area contributed by atoms with E-state index in [-0.39, 0.29) is 31.4 Å². The van der Waals surface area contributed by atoms with Gasteiger partial charge in [0.1, 0.15) is 11.5 Å². The molecular formula is C20H20ClN3O5. The summed E-state index contributed by atoms with van der Waals surface area (Å²) in [4.78, 5) is 37.5. The Hall–Kier alpha value is -3.26. The molecule has 2 aromatic carbocycles.